The van der Waals surface area contributed by atoms with Gasteiger partial charge in [-0.05, 0) is 12.8 Å². The maximum absolute atomic E-state index is 11.5. The van der Waals surface area contributed by atoms with Crippen molar-refractivity contribution in [2.75, 3.05) is 31.9 Å². The molecule has 0 spiro atoms. The molecule has 6 nitrogen and oxygen atoms in total. The van der Waals surface area contributed by atoms with Gasteiger partial charge < -0.3 is 11.1 Å². The van der Waals surface area contributed by atoms with Gasteiger partial charge in [0.25, 0.3) is 0 Å². The molecule has 0 aromatic rings. The second kappa shape index (κ2) is 8.37. The number of hydrogen-bond donors (Lipinski definition) is 2. The Balaban J connectivity index is 2.13. The lowest BCUT2D eigenvalue weighted by Crippen LogP contribution is -2.39. The predicted molar refractivity (Wildman–Crippen MR) is 78.6 cm³/mol. The van der Waals surface area contributed by atoms with Gasteiger partial charge in [-0.1, -0.05) is 26.2 Å². The van der Waals surface area contributed by atoms with Crippen molar-refractivity contribution in [1.29, 1.82) is 0 Å². The van der Waals surface area contributed by atoms with E-state index in [0.717, 1.165) is 19.4 Å². The molecule has 0 aromatic heterocycles. The third kappa shape index (κ3) is 6.24. The van der Waals surface area contributed by atoms with Crippen molar-refractivity contribution in [3.63, 3.8) is 0 Å². The maximum Gasteiger partial charge on any atom is 0.214 e. The largest absolute Gasteiger partial charge is 0.370 e. The molecule has 0 aromatic carbocycles. The zero-order valence-corrected chi connectivity index (χ0v) is 12.6. The Bertz CT molecular complexity index is 381. The van der Waals surface area contributed by atoms with Gasteiger partial charge in [0.05, 0.1) is 5.75 Å². The smallest absolute Gasteiger partial charge is 0.214 e. The highest BCUT2D eigenvalue weighted by Crippen LogP contribution is 2.11. The van der Waals surface area contributed by atoms with Gasteiger partial charge in [0.1, 0.15) is 0 Å². The van der Waals surface area contributed by atoms with Crippen molar-refractivity contribution in [3.05, 3.63) is 0 Å². The molecular weight excluding hydrogens is 264 g/mol. The van der Waals surface area contributed by atoms with Gasteiger partial charge in [0.2, 0.25) is 10.0 Å². The fraction of sp³-hybridized carbons (Fsp3) is 0.917. The molecule has 0 atom stereocenters. The summed E-state index contributed by atoms with van der Waals surface area (Å²) < 4.78 is 24.6. The first kappa shape index (κ1) is 16.2. The number of rotatable bonds is 8. The van der Waals surface area contributed by atoms with E-state index in [2.05, 4.69) is 17.2 Å². The van der Waals surface area contributed by atoms with Gasteiger partial charge in [0, 0.05) is 26.2 Å². The molecule has 1 fully saturated rings. The highest BCUT2D eigenvalue weighted by Gasteiger charge is 2.27. The van der Waals surface area contributed by atoms with E-state index in [4.69, 9.17) is 5.73 Å². The quantitative estimate of drug-likeness (QED) is 0.387. The van der Waals surface area contributed by atoms with Crippen LogP contribution in [0, 0.1) is 0 Å². The molecule has 0 bridgehead atoms. The molecule has 3 N–H and O–H groups in total. The molecule has 0 amide bonds. The van der Waals surface area contributed by atoms with E-state index in [1.807, 2.05) is 0 Å². The zero-order chi connectivity index (χ0) is 14.1. The van der Waals surface area contributed by atoms with Crippen LogP contribution in [0.4, 0.5) is 0 Å². The molecule has 7 heteroatoms. The molecule has 1 aliphatic heterocycles. The SMILES string of the molecule is CCCCCCN=C(N)NCCN1CCCS1(=O)=O. The lowest BCUT2D eigenvalue weighted by Gasteiger charge is -2.14. The summed E-state index contributed by atoms with van der Waals surface area (Å²) in [6, 6.07) is 0. The van der Waals surface area contributed by atoms with E-state index < -0.39 is 10.0 Å². The van der Waals surface area contributed by atoms with Crippen LogP contribution in [0.1, 0.15) is 39.0 Å². The molecule has 0 saturated carbocycles. The lowest BCUT2D eigenvalue weighted by atomic mass is 10.2. The minimum Gasteiger partial charge on any atom is -0.370 e. The molecule has 112 valence electrons. The van der Waals surface area contributed by atoms with Crippen LogP contribution in [0.5, 0.6) is 0 Å². The fourth-order valence-corrected chi connectivity index (χ4v) is 3.57. The minimum absolute atomic E-state index is 0.272. The van der Waals surface area contributed by atoms with E-state index in [0.29, 0.717) is 25.6 Å². The number of nitrogens with two attached hydrogens (primary N) is 1. The molecule has 1 saturated heterocycles. The highest BCUT2D eigenvalue weighted by molar-refractivity contribution is 7.89. The summed E-state index contributed by atoms with van der Waals surface area (Å²) in [5.74, 6) is 0.682. The van der Waals surface area contributed by atoms with Crippen molar-refractivity contribution in [2.24, 2.45) is 10.7 Å². The lowest BCUT2D eigenvalue weighted by molar-refractivity contribution is 0.445. The number of unbranched alkanes of at least 4 members (excludes halogenated alkanes) is 3. The number of nitrogens with zero attached hydrogens (tertiary/aromatic N) is 2. The average Bonchev–Trinajstić information content (AvgIpc) is 2.69. The van der Waals surface area contributed by atoms with Gasteiger partial charge in [-0.15, -0.1) is 0 Å². The second-order valence-corrected chi connectivity index (χ2v) is 6.91. The summed E-state index contributed by atoms with van der Waals surface area (Å²) in [6.45, 7) is 4.52. The monoisotopic (exact) mass is 290 g/mol. The average molecular weight is 290 g/mol. The van der Waals surface area contributed by atoms with Crippen molar-refractivity contribution in [2.45, 2.75) is 39.0 Å². The molecule has 1 heterocycles. The molecule has 19 heavy (non-hydrogen) atoms. The van der Waals surface area contributed by atoms with Gasteiger partial charge >= 0.3 is 0 Å². The number of aliphatic imine (C=N–C) groups is 1. The van der Waals surface area contributed by atoms with E-state index in [-0.39, 0.29) is 5.75 Å². The van der Waals surface area contributed by atoms with Crippen molar-refractivity contribution in [3.8, 4) is 0 Å². The summed E-state index contributed by atoms with van der Waals surface area (Å²) in [6.07, 6.45) is 5.40. The first-order valence-corrected chi connectivity index (χ1v) is 8.69. The number of nitrogens with one attached hydrogen (secondary N) is 1. The van der Waals surface area contributed by atoms with Gasteiger partial charge in [0.15, 0.2) is 5.96 Å². The Morgan fingerprint density at radius 2 is 2.16 bits per heavy atom. The third-order valence-electron chi connectivity index (χ3n) is 3.16. The van der Waals surface area contributed by atoms with Crippen molar-refractivity contribution in [1.82, 2.24) is 9.62 Å². The predicted octanol–water partition coefficient (Wildman–Crippen LogP) is 0.507. The van der Waals surface area contributed by atoms with Crippen LogP contribution < -0.4 is 11.1 Å². The maximum atomic E-state index is 11.5. The van der Waals surface area contributed by atoms with Crippen LogP contribution >= 0.6 is 0 Å². The normalized spacial score (nSPS) is 19.7. The number of sulfonamides is 1. The van der Waals surface area contributed by atoms with Gasteiger partial charge in [-0.2, -0.15) is 0 Å². The zero-order valence-electron chi connectivity index (χ0n) is 11.8. The molecule has 1 aliphatic rings. The van der Waals surface area contributed by atoms with E-state index in [1.165, 1.54) is 23.6 Å². The van der Waals surface area contributed by atoms with E-state index in [9.17, 15) is 8.42 Å². The molecule has 0 radical (unpaired) electrons. The number of guanidine groups is 1. The Labute approximate surface area is 116 Å². The summed E-state index contributed by atoms with van der Waals surface area (Å²) in [5.41, 5.74) is 5.71. The van der Waals surface area contributed by atoms with Gasteiger partial charge in [-0.25, -0.2) is 12.7 Å². The van der Waals surface area contributed by atoms with Crippen LogP contribution in [0.15, 0.2) is 4.99 Å². The van der Waals surface area contributed by atoms with Crippen molar-refractivity contribution >= 4 is 16.0 Å². The summed E-state index contributed by atoms with van der Waals surface area (Å²) >= 11 is 0. The Kier molecular flexibility index (Phi) is 7.15. The summed E-state index contributed by atoms with van der Waals surface area (Å²) in [4.78, 5) is 4.21. The summed E-state index contributed by atoms with van der Waals surface area (Å²) in [7, 11) is -3.00. The molecule has 1 rings (SSSR count). The third-order valence-corrected chi connectivity index (χ3v) is 5.12. The van der Waals surface area contributed by atoms with Crippen LogP contribution in [-0.4, -0.2) is 50.6 Å². The van der Waals surface area contributed by atoms with E-state index >= 15 is 0 Å². The Morgan fingerprint density at radius 3 is 2.79 bits per heavy atom. The highest BCUT2D eigenvalue weighted by atomic mass is 32.2. The number of hydrogen-bond acceptors (Lipinski definition) is 3. The molecular formula is C12H26N4O2S. The Morgan fingerprint density at radius 1 is 1.37 bits per heavy atom. The van der Waals surface area contributed by atoms with Gasteiger partial charge in [-0.3, -0.25) is 4.99 Å². The van der Waals surface area contributed by atoms with E-state index in [1.54, 1.807) is 0 Å². The van der Waals surface area contributed by atoms with Crippen LogP contribution in [0.2, 0.25) is 0 Å². The topological polar surface area (TPSA) is 87.8 Å². The fourth-order valence-electron chi connectivity index (χ4n) is 2.05. The Hall–Kier alpha value is -0.820. The van der Waals surface area contributed by atoms with Crippen LogP contribution in [-0.2, 0) is 10.0 Å². The second-order valence-electron chi connectivity index (χ2n) is 4.82. The minimum atomic E-state index is -3.00. The van der Waals surface area contributed by atoms with Crippen molar-refractivity contribution < 1.29 is 8.42 Å². The first-order chi connectivity index (χ1) is 9.06. The van der Waals surface area contributed by atoms with Crippen LogP contribution in [0.25, 0.3) is 0 Å². The standard InChI is InChI=1S/C12H26N4O2S/c1-2-3-4-5-7-14-12(13)15-8-10-16-9-6-11-19(16,17)18/h2-11H2,1H3,(H3,13,14,15). The molecule has 0 aliphatic carbocycles. The summed E-state index contributed by atoms with van der Waals surface area (Å²) in [5, 5.41) is 2.96. The molecule has 0 unspecified atom stereocenters. The first-order valence-electron chi connectivity index (χ1n) is 7.08. The van der Waals surface area contributed by atoms with Crippen LogP contribution in [0.3, 0.4) is 0 Å².